The molecule has 0 amide bonds. The fraction of sp³-hybridized carbons (Fsp3) is 0.821. The van der Waals surface area contributed by atoms with Crippen molar-refractivity contribution in [1.29, 1.82) is 0 Å². The molecule has 0 saturated heterocycles. The Labute approximate surface area is 257 Å². The first-order valence-corrected chi connectivity index (χ1v) is 18.1. The Balaban J connectivity index is 1.97. The largest absolute Gasteiger partial charge is 0.179 e. The van der Waals surface area contributed by atoms with Crippen LogP contribution in [0.4, 0.5) is 0 Å². The average Bonchev–Trinajstić information content (AvgIpc) is 2.85. The van der Waals surface area contributed by atoms with Crippen molar-refractivity contribution >= 4 is 12.6 Å². The smallest absolute Gasteiger partial charge is 0.00406 e. The molecule has 4 unspecified atom stereocenters. The Morgan fingerprint density at radius 1 is 1.00 bits per heavy atom. The van der Waals surface area contributed by atoms with Gasteiger partial charge in [0.25, 0.3) is 0 Å². The van der Waals surface area contributed by atoms with Crippen LogP contribution in [0, 0.1) is 40.9 Å². The van der Waals surface area contributed by atoms with Crippen LogP contribution in [0.3, 0.4) is 0 Å². The summed E-state index contributed by atoms with van der Waals surface area (Å²) in [6, 6.07) is 0. The summed E-state index contributed by atoms with van der Waals surface area (Å²) in [5.74, 6) is 5.60. The number of unbranched alkanes of at least 4 members (excludes halogenated alkanes) is 1. The first-order valence-electron chi connectivity index (χ1n) is 17.4. The van der Waals surface area contributed by atoms with Gasteiger partial charge in [0.05, 0.1) is 0 Å². The highest BCUT2D eigenvalue weighted by Gasteiger charge is 2.39. The summed E-state index contributed by atoms with van der Waals surface area (Å²) in [7, 11) is 0. The second kappa shape index (κ2) is 18.1. The Bertz CT molecular complexity index is 834. The first-order chi connectivity index (χ1) is 19.1. The van der Waals surface area contributed by atoms with Gasteiger partial charge in [-0.3, -0.25) is 0 Å². The van der Waals surface area contributed by atoms with E-state index < -0.39 is 0 Å². The van der Waals surface area contributed by atoms with E-state index in [9.17, 15) is 0 Å². The lowest BCUT2D eigenvalue weighted by molar-refractivity contribution is 0.0991. The molecule has 2 aliphatic rings. The maximum atomic E-state index is 4.51. The van der Waals surface area contributed by atoms with Gasteiger partial charge in [0, 0.05) is 0 Å². The van der Waals surface area contributed by atoms with Gasteiger partial charge in [0.2, 0.25) is 0 Å². The lowest BCUT2D eigenvalue weighted by Crippen LogP contribution is -2.34. The van der Waals surface area contributed by atoms with Crippen molar-refractivity contribution in [3.8, 4) is 0 Å². The molecule has 40 heavy (non-hydrogen) atoms. The highest BCUT2D eigenvalue weighted by atomic mass is 32.1. The molecule has 2 fully saturated rings. The molecule has 0 aromatic carbocycles. The van der Waals surface area contributed by atoms with Gasteiger partial charge in [0.15, 0.2) is 0 Å². The third kappa shape index (κ3) is 11.2. The molecule has 0 nitrogen and oxygen atoms in total. The molecular formula is C39H68S. The molecule has 0 bridgehead atoms. The zero-order valence-electron chi connectivity index (χ0n) is 28.2. The average molecular weight is 569 g/mol. The van der Waals surface area contributed by atoms with Crippen LogP contribution in [-0.2, 0) is 0 Å². The van der Waals surface area contributed by atoms with E-state index in [1.54, 1.807) is 0 Å². The first kappa shape index (κ1) is 35.5. The van der Waals surface area contributed by atoms with Crippen molar-refractivity contribution in [2.24, 2.45) is 40.9 Å². The van der Waals surface area contributed by atoms with E-state index >= 15 is 0 Å². The van der Waals surface area contributed by atoms with Crippen LogP contribution in [0.25, 0.3) is 0 Å². The molecule has 0 N–H and O–H groups in total. The molecule has 0 radical (unpaired) electrons. The van der Waals surface area contributed by atoms with Crippen LogP contribution in [0.1, 0.15) is 158 Å². The fourth-order valence-electron chi connectivity index (χ4n) is 8.00. The molecule has 2 aliphatic carbocycles. The summed E-state index contributed by atoms with van der Waals surface area (Å²) in [6.07, 6.45) is 24.5. The molecule has 4 atom stereocenters. The predicted octanol–water partition coefficient (Wildman–Crippen LogP) is 13.0. The zero-order valence-corrected chi connectivity index (χ0v) is 29.1. The van der Waals surface area contributed by atoms with Crippen LogP contribution in [-0.4, -0.2) is 5.75 Å². The second-order valence-electron chi connectivity index (χ2n) is 14.7. The minimum atomic E-state index is 0.543. The van der Waals surface area contributed by atoms with Crippen molar-refractivity contribution in [2.75, 3.05) is 5.75 Å². The van der Waals surface area contributed by atoms with E-state index in [0.717, 1.165) is 35.8 Å². The number of hydrogen-bond acceptors (Lipinski definition) is 1. The zero-order chi connectivity index (χ0) is 29.7. The summed E-state index contributed by atoms with van der Waals surface area (Å²) in [5, 5.41) is 0. The molecule has 0 spiro atoms. The number of thiol groups is 1. The quantitative estimate of drug-likeness (QED) is 0.0642. The summed E-state index contributed by atoms with van der Waals surface area (Å²) in [6.45, 7) is 23.1. The molecule has 0 aromatic rings. The number of rotatable bonds is 20. The number of hydrogen-bond donors (Lipinski definition) is 1. The lowest BCUT2D eigenvalue weighted by Gasteiger charge is -2.45. The van der Waals surface area contributed by atoms with Gasteiger partial charge in [0.1, 0.15) is 0 Å². The molecule has 0 heterocycles. The van der Waals surface area contributed by atoms with Gasteiger partial charge in [-0.1, -0.05) is 90.5 Å². The van der Waals surface area contributed by atoms with Crippen LogP contribution in [0.2, 0.25) is 0 Å². The Morgan fingerprint density at radius 3 is 2.17 bits per heavy atom. The second-order valence-corrected chi connectivity index (χ2v) is 15.1. The minimum Gasteiger partial charge on any atom is -0.179 e. The van der Waals surface area contributed by atoms with Crippen LogP contribution < -0.4 is 0 Å². The lowest BCUT2D eigenvalue weighted by atomic mass is 9.60. The van der Waals surface area contributed by atoms with Crippen LogP contribution in [0.5, 0.6) is 0 Å². The summed E-state index contributed by atoms with van der Waals surface area (Å²) in [5.41, 5.74) is 10.4. The highest BCUT2D eigenvalue weighted by molar-refractivity contribution is 7.80. The van der Waals surface area contributed by atoms with E-state index in [-0.39, 0.29) is 0 Å². The Kier molecular flexibility index (Phi) is 16.1. The van der Waals surface area contributed by atoms with E-state index in [1.165, 1.54) is 107 Å². The monoisotopic (exact) mass is 569 g/mol. The molecule has 230 valence electrons. The van der Waals surface area contributed by atoms with Crippen molar-refractivity contribution in [3.05, 3.63) is 40.7 Å². The van der Waals surface area contributed by atoms with Crippen molar-refractivity contribution < 1.29 is 0 Å². The fourth-order valence-corrected chi connectivity index (χ4v) is 8.18. The molecule has 2 saturated carbocycles. The molecule has 2 rings (SSSR count). The van der Waals surface area contributed by atoms with Gasteiger partial charge < -0.3 is 0 Å². The molecule has 1 heteroatoms. The maximum absolute atomic E-state index is 4.51. The normalized spacial score (nSPS) is 21.9. The van der Waals surface area contributed by atoms with E-state index in [4.69, 9.17) is 0 Å². The SMILES string of the molecule is C=C(C)CC(C)=C=CC(C)C(C)C(=C1CCC1)C(C)C1CC(CCC(CCC)(CCC)CCCCC(C)CS)C1. The summed E-state index contributed by atoms with van der Waals surface area (Å²) < 4.78 is 0. The maximum Gasteiger partial charge on any atom is -0.00406 e. The van der Waals surface area contributed by atoms with E-state index in [1.807, 2.05) is 11.1 Å². The van der Waals surface area contributed by atoms with Gasteiger partial charge in [-0.25, -0.2) is 0 Å². The summed E-state index contributed by atoms with van der Waals surface area (Å²) >= 11 is 4.51. The Hall–Kier alpha value is -0.650. The highest BCUT2D eigenvalue weighted by Crippen LogP contribution is 2.50. The predicted molar refractivity (Wildman–Crippen MR) is 184 cm³/mol. The van der Waals surface area contributed by atoms with Gasteiger partial charge in [-0.05, 0) is 149 Å². The third-order valence-electron chi connectivity index (χ3n) is 10.9. The van der Waals surface area contributed by atoms with E-state index in [0.29, 0.717) is 17.3 Å². The van der Waals surface area contributed by atoms with Crippen LogP contribution >= 0.6 is 12.6 Å². The minimum absolute atomic E-state index is 0.543. The van der Waals surface area contributed by atoms with Crippen molar-refractivity contribution in [1.82, 2.24) is 0 Å². The topological polar surface area (TPSA) is 0 Å². The Morgan fingerprint density at radius 2 is 1.65 bits per heavy atom. The molecule has 0 aromatic heterocycles. The molecule has 0 aliphatic heterocycles. The standard InChI is InChI=1S/C39H68S/c1-10-21-39(22-11-2,23-13-12-15-31(6)28-40)24-20-35-26-37(27-35)34(9)38(36-16-14-17-36)33(8)32(7)19-18-30(5)25-29(3)4/h19,31-35,37,40H,3,10-17,20-28H2,1-2,4-9H3. The third-order valence-corrected chi connectivity index (χ3v) is 11.5. The number of allylic oxidation sites excluding steroid dienone is 4. The molecular weight excluding hydrogens is 500 g/mol. The van der Waals surface area contributed by atoms with Crippen molar-refractivity contribution in [3.63, 3.8) is 0 Å². The van der Waals surface area contributed by atoms with Crippen LogP contribution in [0.15, 0.2) is 40.7 Å². The van der Waals surface area contributed by atoms with E-state index in [2.05, 4.69) is 86.4 Å². The van der Waals surface area contributed by atoms with Gasteiger partial charge in [-0.2, -0.15) is 12.6 Å². The van der Waals surface area contributed by atoms with Gasteiger partial charge >= 0.3 is 0 Å². The van der Waals surface area contributed by atoms with Gasteiger partial charge in [-0.15, -0.1) is 5.73 Å². The van der Waals surface area contributed by atoms with Crippen molar-refractivity contribution in [2.45, 2.75) is 158 Å². The summed E-state index contributed by atoms with van der Waals surface area (Å²) in [4.78, 5) is 0.